The Bertz CT molecular complexity index is 613. The molecule has 5 heteroatoms. The van der Waals surface area contributed by atoms with E-state index in [9.17, 15) is 0 Å². The van der Waals surface area contributed by atoms with Crippen LogP contribution >= 0.6 is 28.5 Å². The van der Waals surface area contributed by atoms with E-state index in [0.717, 1.165) is 11.4 Å². The van der Waals surface area contributed by atoms with Crippen molar-refractivity contribution in [1.82, 2.24) is 0 Å². The summed E-state index contributed by atoms with van der Waals surface area (Å²) in [7, 11) is 4.90. The molecule has 1 aliphatic rings. The van der Waals surface area contributed by atoms with Crippen molar-refractivity contribution < 1.29 is 10.9 Å². The maximum absolute atomic E-state index is 4.37. The maximum atomic E-state index is 4.37. The monoisotopic (exact) mass is 424 g/mol. The van der Waals surface area contributed by atoms with Gasteiger partial charge in [-0.15, -0.1) is 0 Å². The molecule has 0 fully saturated rings. The van der Waals surface area contributed by atoms with Gasteiger partial charge in [0, 0.05) is 30.6 Å². The second-order valence-corrected chi connectivity index (χ2v) is 8.88. The summed E-state index contributed by atoms with van der Waals surface area (Å²) in [4.78, 5) is 8.73. The predicted molar refractivity (Wildman–Crippen MR) is 86.7 cm³/mol. The fourth-order valence-corrected chi connectivity index (χ4v) is 2.44. The first-order valence-corrected chi connectivity index (χ1v) is 10.5. The topological polar surface area (TPSA) is 24.7 Å². The number of benzene rings is 2. The van der Waals surface area contributed by atoms with Crippen LogP contribution in [0.15, 0.2) is 46.4 Å². The molecule has 0 aliphatic heterocycles. The molecule has 0 aromatic heterocycles. The Morgan fingerprint density at radius 2 is 1.26 bits per heavy atom. The zero-order valence-corrected chi connectivity index (χ0v) is 14.6. The van der Waals surface area contributed by atoms with Gasteiger partial charge in [0.2, 0.25) is 0 Å². The second kappa shape index (κ2) is 6.78. The first-order chi connectivity index (χ1) is 9.28. The van der Waals surface area contributed by atoms with E-state index in [2.05, 4.69) is 74.8 Å². The number of hydrogen-bond donors (Lipinski definition) is 0. The molecule has 0 spiro atoms. The van der Waals surface area contributed by atoms with Crippen LogP contribution in [0.4, 0.5) is 0 Å². The van der Waals surface area contributed by atoms with Gasteiger partial charge in [-0.1, -0.05) is 36.4 Å². The molecule has 2 aromatic carbocycles. The molecule has 0 saturated heterocycles. The van der Waals surface area contributed by atoms with Crippen molar-refractivity contribution in [2.45, 2.75) is 0 Å². The molecule has 1 aliphatic carbocycles. The van der Waals surface area contributed by atoms with Crippen molar-refractivity contribution in [2.24, 2.45) is 9.98 Å². The van der Waals surface area contributed by atoms with E-state index in [-0.39, 0.29) is 0 Å². The third kappa shape index (κ3) is 2.69. The van der Waals surface area contributed by atoms with Crippen LogP contribution in [0.25, 0.3) is 10.8 Å². The SMILES string of the molecule is CN=C1C(=NC)c2cccc3cccc1c23.[Br][Ni][Br]. The molecule has 0 N–H and O–H groups in total. The van der Waals surface area contributed by atoms with E-state index in [1.807, 2.05) is 14.1 Å². The van der Waals surface area contributed by atoms with E-state index >= 15 is 0 Å². The number of halogens is 2. The van der Waals surface area contributed by atoms with Gasteiger partial charge in [-0.3, -0.25) is 9.98 Å². The number of nitrogens with zero attached hydrogens (tertiary/aromatic N) is 2. The van der Waals surface area contributed by atoms with Crippen LogP contribution in [0.1, 0.15) is 11.1 Å². The summed E-state index contributed by atoms with van der Waals surface area (Å²) < 4.78 is 0. The van der Waals surface area contributed by atoms with Crippen LogP contribution in [-0.4, -0.2) is 25.5 Å². The molecular formula is C14H12Br2N2Ni. The molecule has 0 heterocycles. The summed E-state index contributed by atoms with van der Waals surface area (Å²) in [6.07, 6.45) is 0. The predicted octanol–water partition coefficient (Wildman–Crippen LogP) is 4.38. The van der Waals surface area contributed by atoms with Crippen LogP contribution in [0.3, 0.4) is 0 Å². The number of rotatable bonds is 0. The van der Waals surface area contributed by atoms with Crippen LogP contribution in [0, 0.1) is 0 Å². The fourth-order valence-electron chi connectivity index (χ4n) is 2.44. The van der Waals surface area contributed by atoms with Gasteiger partial charge in [-0.2, -0.15) is 0 Å². The molecule has 2 nitrogen and oxygen atoms in total. The van der Waals surface area contributed by atoms with Crippen molar-refractivity contribution in [3.05, 3.63) is 47.5 Å². The molecule has 0 bridgehead atoms. The average molecular weight is 427 g/mol. The van der Waals surface area contributed by atoms with E-state index in [0.29, 0.717) is 0 Å². The van der Waals surface area contributed by atoms with Crippen molar-refractivity contribution in [2.75, 3.05) is 14.1 Å². The van der Waals surface area contributed by atoms with Gasteiger partial charge in [0.1, 0.15) is 0 Å². The summed E-state index contributed by atoms with van der Waals surface area (Å²) in [6.45, 7) is 0. The third-order valence-corrected chi connectivity index (χ3v) is 3.09. The molecule has 0 saturated carbocycles. The molecule has 0 radical (unpaired) electrons. The standard InChI is InChI=1S/C14H12N2.2BrH.Ni/c1-15-13-10-7-3-5-9-6-4-8-11(12(9)10)14(13)16-2;;;/h3-8H,1-2H3;2*1H;/q;;;+2/p-2. The van der Waals surface area contributed by atoms with Gasteiger partial charge in [0.25, 0.3) is 0 Å². The van der Waals surface area contributed by atoms with Gasteiger partial charge in [-0.05, 0) is 5.39 Å². The Hall–Kier alpha value is -0.506. The molecule has 19 heavy (non-hydrogen) atoms. The summed E-state index contributed by atoms with van der Waals surface area (Å²) >= 11 is 6.00. The van der Waals surface area contributed by atoms with Crippen molar-refractivity contribution in [3.8, 4) is 0 Å². The van der Waals surface area contributed by atoms with Gasteiger partial charge in [0.05, 0.1) is 11.4 Å². The Morgan fingerprint density at radius 1 is 0.842 bits per heavy atom. The zero-order chi connectivity index (χ0) is 13.8. The van der Waals surface area contributed by atoms with Gasteiger partial charge >= 0.3 is 39.3 Å². The summed E-state index contributed by atoms with van der Waals surface area (Å²) in [5.41, 5.74) is 4.43. The molecule has 102 valence electrons. The van der Waals surface area contributed by atoms with Gasteiger partial charge in [-0.25, -0.2) is 0 Å². The third-order valence-electron chi connectivity index (χ3n) is 3.09. The zero-order valence-electron chi connectivity index (χ0n) is 10.4. The molecule has 3 rings (SSSR count). The molecule has 0 unspecified atom stereocenters. The van der Waals surface area contributed by atoms with Gasteiger partial charge < -0.3 is 0 Å². The minimum absolute atomic E-state index is 1.01. The van der Waals surface area contributed by atoms with Gasteiger partial charge in [0.15, 0.2) is 0 Å². The van der Waals surface area contributed by atoms with Crippen LogP contribution in [-0.2, 0) is 10.9 Å². The van der Waals surface area contributed by atoms with E-state index in [1.54, 1.807) is 0 Å². The Balaban J connectivity index is 0.000000408. The quantitative estimate of drug-likeness (QED) is 0.559. The Kier molecular flexibility index (Phi) is 5.31. The van der Waals surface area contributed by atoms with Crippen LogP contribution in [0.5, 0.6) is 0 Å². The molecule has 2 aromatic rings. The van der Waals surface area contributed by atoms with Crippen LogP contribution < -0.4 is 0 Å². The first kappa shape index (κ1) is 14.9. The minimum atomic E-state index is 1.01. The summed E-state index contributed by atoms with van der Waals surface area (Å²) in [5.74, 6) is 0. The number of hydrogen-bond acceptors (Lipinski definition) is 2. The number of aliphatic imine (C=N–C) groups is 2. The molecular weight excluding hydrogens is 415 g/mol. The van der Waals surface area contributed by atoms with Crippen molar-refractivity contribution >= 4 is 50.6 Å². The van der Waals surface area contributed by atoms with Crippen molar-refractivity contribution in [1.29, 1.82) is 0 Å². The first-order valence-electron chi connectivity index (χ1n) is 5.57. The average Bonchev–Trinajstić information content (AvgIpc) is 2.75. The molecule has 0 amide bonds. The van der Waals surface area contributed by atoms with Crippen LogP contribution in [0.2, 0.25) is 0 Å². The summed E-state index contributed by atoms with van der Waals surface area (Å²) in [6, 6.07) is 12.7. The fraction of sp³-hybridized carbons (Fsp3) is 0.143. The summed E-state index contributed by atoms with van der Waals surface area (Å²) in [5, 5.41) is 2.54. The molecule has 0 atom stereocenters. The van der Waals surface area contributed by atoms with E-state index < -0.39 is 0 Å². The Morgan fingerprint density at radius 3 is 1.63 bits per heavy atom. The van der Waals surface area contributed by atoms with E-state index in [1.165, 1.54) is 32.8 Å². The Labute approximate surface area is 132 Å². The second-order valence-electron chi connectivity index (χ2n) is 3.90. The van der Waals surface area contributed by atoms with E-state index in [4.69, 9.17) is 0 Å². The normalized spacial score (nSPS) is 17.1. The van der Waals surface area contributed by atoms with Crippen molar-refractivity contribution in [3.63, 3.8) is 0 Å².